The first kappa shape index (κ1) is 5.56. The lowest BCUT2D eigenvalue weighted by Gasteiger charge is -2.14. The van der Waals surface area contributed by atoms with E-state index in [0.29, 0.717) is 0 Å². The van der Waals surface area contributed by atoms with Gasteiger partial charge in [-0.05, 0) is 0 Å². The highest BCUT2D eigenvalue weighted by molar-refractivity contribution is 5.62. The third-order valence-corrected chi connectivity index (χ3v) is 1.34. The lowest BCUT2D eigenvalue weighted by Crippen LogP contribution is -2.26. The lowest BCUT2D eigenvalue weighted by atomic mass is 10.2. The van der Waals surface area contributed by atoms with Gasteiger partial charge in [0.1, 0.15) is 6.23 Å². The van der Waals surface area contributed by atoms with Crippen LogP contribution in [0.1, 0.15) is 6.92 Å². The van der Waals surface area contributed by atoms with Gasteiger partial charge in [0, 0.05) is 19.2 Å². The molecule has 1 aliphatic heterocycles. The zero-order valence-corrected chi connectivity index (χ0v) is 5.07. The maximum atomic E-state index is 9.07. The van der Waals surface area contributed by atoms with Crippen LogP contribution >= 0.6 is 0 Å². The number of hydrogen-bond acceptors (Lipinski definition) is 3. The maximum absolute atomic E-state index is 9.07. The molecule has 8 heavy (non-hydrogen) atoms. The molecule has 0 aromatic heterocycles. The molecule has 1 aliphatic rings. The van der Waals surface area contributed by atoms with E-state index >= 15 is 0 Å². The van der Waals surface area contributed by atoms with Crippen LogP contribution in [0.3, 0.4) is 0 Å². The van der Waals surface area contributed by atoms with Gasteiger partial charge in [0.05, 0.1) is 0 Å². The lowest BCUT2D eigenvalue weighted by molar-refractivity contribution is 0.0196. The second kappa shape index (κ2) is 1.74. The van der Waals surface area contributed by atoms with Gasteiger partial charge in [0.15, 0.2) is 0 Å². The largest absolute Gasteiger partial charge is 0.371 e. The summed E-state index contributed by atoms with van der Waals surface area (Å²) in [6.45, 7) is 1.93. The van der Waals surface area contributed by atoms with Crippen molar-refractivity contribution in [3.8, 4) is 0 Å². The Morgan fingerprint density at radius 3 is 2.50 bits per heavy atom. The van der Waals surface area contributed by atoms with Crippen LogP contribution in [0.25, 0.3) is 0 Å². The van der Waals surface area contributed by atoms with Crippen LogP contribution in [0.4, 0.5) is 0 Å². The Morgan fingerprint density at radius 2 is 2.38 bits per heavy atom. The van der Waals surface area contributed by atoms with E-state index in [1.54, 1.807) is 18.3 Å². The summed E-state index contributed by atoms with van der Waals surface area (Å²) in [6.07, 6.45) is 1.33. The average Bonchev–Trinajstić information content (AvgIpc) is 1.98. The Hall–Kier alpha value is -0.570. The van der Waals surface area contributed by atoms with Crippen LogP contribution in [0.15, 0.2) is 5.10 Å². The van der Waals surface area contributed by atoms with Crippen molar-refractivity contribution in [1.29, 1.82) is 0 Å². The fourth-order valence-electron chi connectivity index (χ4n) is 0.696. The minimum atomic E-state index is -0.407. The number of hydrogen-bond donors (Lipinski definition) is 1. The van der Waals surface area contributed by atoms with Crippen molar-refractivity contribution in [2.45, 2.75) is 13.2 Å². The molecule has 0 spiro atoms. The molecule has 0 bridgehead atoms. The SMILES string of the molecule is CC1C=NN(C)C1O. The molecule has 1 heterocycles. The maximum Gasteiger partial charge on any atom is 0.149 e. The smallest absolute Gasteiger partial charge is 0.149 e. The molecule has 46 valence electrons. The van der Waals surface area contributed by atoms with Gasteiger partial charge >= 0.3 is 0 Å². The predicted molar refractivity (Wildman–Crippen MR) is 31.4 cm³/mol. The molecule has 0 radical (unpaired) electrons. The van der Waals surface area contributed by atoms with Crippen LogP contribution in [-0.4, -0.2) is 29.6 Å². The molecule has 3 nitrogen and oxygen atoms in total. The molecule has 0 aliphatic carbocycles. The number of hydrazone groups is 1. The van der Waals surface area contributed by atoms with E-state index in [2.05, 4.69) is 5.10 Å². The molecular weight excluding hydrogens is 104 g/mol. The first-order valence-electron chi connectivity index (χ1n) is 2.67. The van der Waals surface area contributed by atoms with Crippen molar-refractivity contribution in [1.82, 2.24) is 5.01 Å². The summed E-state index contributed by atoms with van der Waals surface area (Å²) in [5, 5.41) is 14.5. The Morgan fingerprint density at radius 1 is 1.75 bits per heavy atom. The third-order valence-electron chi connectivity index (χ3n) is 1.34. The highest BCUT2D eigenvalue weighted by Crippen LogP contribution is 2.10. The fourth-order valence-corrected chi connectivity index (χ4v) is 0.696. The Balaban J connectivity index is 2.55. The highest BCUT2D eigenvalue weighted by atomic mass is 16.3. The standard InChI is InChI=1S/C5H10N2O/c1-4-3-6-7(2)5(4)8/h3-5,8H,1-2H3. The van der Waals surface area contributed by atoms with Crippen LogP contribution in [0.5, 0.6) is 0 Å². The van der Waals surface area contributed by atoms with Gasteiger partial charge in [-0.25, -0.2) is 0 Å². The summed E-state index contributed by atoms with van der Waals surface area (Å²) in [5.74, 6) is 0.181. The second-order valence-electron chi connectivity index (χ2n) is 2.11. The molecule has 1 N–H and O–H groups in total. The molecule has 2 unspecified atom stereocenters. The van der Waals surface area contributed by atoms with Crippen molar-refractivity contribution in [2.75, 3.05) is 7.05 Å². The molecule has 0 aromatic carbocycles. The highest BCUT2D eigenvalue weighted by Gasteiger charge is 2.20. The van der Waals surface area contributed by atoms with Crippen LogP contribution < -0.4 is 0 Å². The number of aliphatic hydroxyl groups is 1. The van der Waals surface area contributed by atoms with Crippen molar-refractivity contribution in [3.63, 3.8) is 0 Å². The summed E-state index contributed by atoms with van der Waals surface area (Å²) in [7, 11) is 1.75. The summed E-state index contributed by atoms with van der Waals surface area (Å²) in [5.41, 5.74) is 0. The molecule has 0 aromatic rings. The van der Waals surface area contributed by atoms with Gasteiger partial charge in [-0.15, -0.1) is 0 Å². The fraction of sp³-hybridized carbons (Fsp3) is 0.800. The topological polar surface area (TPSA) is 35.8 Å². The van der Waals surface area contributed by atoms with Crippen molar-refractivity contribution in [3.05, 3.63) is 0 Å². The van der Waals surface area contributed by atoms with Crippen molar-refractivity contribution in [2.24, 2.45) is 11.0 Å². The second-order valence-corrected chi connectivity index (χ2v) is 2.11. The molecule has 0 fully saturated rings. The molecule has 2 atom stereocenters. The Bertz CT molecular complexity index is 101. The van der Waals surface area contributed by atoms with Gasteiger partial charge in [-0.1, -0.05) is 6.92 Å². The van der Waals surface area contributed by atoms with Gasteiger partial charge in [-0.2, -0.15) is 5.10 Å². The van der Waals surface area contributed by atoms with Gasteiger partial charge in [0.25, 0.3) is 0 Å². The normalized spacial score (nSPS) is 36.6. The van der Waals surface area contributed by atoms with E-state index in [4.69, 9.17) is 5.11 Å². The Labute approximate surface area is 48.6 Å². The quantitative estimate of drug-likeness (QED) is 0.476. The van der Waals surface area contributed by atoms with E-state index in [0.717, 1.165) is 0 Å². The number of rotatable bonds is 0. The Kier molecular flexibility index (Phi) is 1.21. The number of aliphatic hydroxyl groups excluding tert-OH is 1. The van der Waals surface area contributed by atoms with E-state index in [1.165, 1.54) is 0 Å². The average molecular weight is 114 g/mol. The monoisotopic (exact) mass is 114 g/mol. The van der Waals surface area contributed by atoms with E-state index < -0.39 is 6.23 Å². The summed E-state index contributed by atoms with van der Waals surface area (Å²) in [6, 6.07) is 0. The van der Waals surface area contributed by atoms with Crippen molar-refractivity contribution >= 4 is 6.21 Å². The number of nitrogens with zero attached hydrogens (tertiary/aromatic N) is 2. The summed E-state index contributed by atoms with van der Waals surface area (Å²) < 4.78 is 0. The molecule has 1 rings (SSSR count). The molecule has 3 heteroatoms. The minimum Gasteiger partial charge on any atom is -0.371 e. The van der Waals surface area contributed by atoms with Crippen LogP contribution in [0.2, 0.25) is 0 Å². The molecule has 0 saturated carbocycles. The van der Waals surface area contributed by atoms with Crippen LogP contribution in [0, 0.1) is 5.92 Å². The molecular formula is C5H10N2O. The first-order valence-corrected chi connectivity index (χ1v) is 2.67. The van der Waals surface area contributed by atoms with Gasteiger partial charge in [-0.3, -0.25) is 5.01 Å². The first-order chi connectivity index (χ1) is 3.72. The van der Waals surface area contributed by atoms with Crippen molar-refractivity contribution < 1.29 is 5.11 Å². The van der Waals surface area contributed by atoms with Gasteiger partial charge in [0.2, 0.25) is 0 Å². The summed E-state index contributed by atoms with van der Waals surface area (Å²) in [4.78, 5) is 0. The zero-order valence-electron chi connectivity index (χ0n) is 5.07. The molecule has 0 saturated heterocycles. The van der Waals surface area contributed by atoms with E-state index in [-0.39, 0.29) is 5.92 Å². The van der Waals surface area contributed by atoms with E-state index in [9.17, 15) is 0 Å². The predicted octanol–water partition coefficient (Wildman–Crippen LogP) is -0.128. The minimum absolute atomic E-state index is 0.181. The van der Waals surface area contributed by atoms with Crippen LogP contribution in [-0.2, 0) is 0 Å². The van der Waals surface area contributed by atoms with Gasteiger partial charge < -0.3 is 5.11 Å². The van der Waals surface area contributed by atoms with E-state index in [1.807, 2.05) is 6.92 Å². The molecule has 0 amide bonds. The zero-order chi connectivity index (χ0) is 6.15. The third kappa shape index (κ3) is 0.690. The summed E-state index contributed by atoms with van der Waals surface area (Å²) >= 11 is 0.